The normalized spacial score (nSPS) is 35.5. The molecule has 0 amide bonds. The van der Waals surface area contributed by atoms with E-state index in [-0.39, 0.29) is 17.6 Å². The molecule has 0 aromatic rings. The number of ether oxygens (including phenoxy) is 1. The zero-order chi connectivity index (χ0) is 11.8. The highest BCUT2D eigenvalue weighted by molar-refractivity contribution is 7.91. The lowest BCUT2D eigenvalue weighted by Gasteiger charge is -2.29. The standard InChI is InChI=1S/C11H21NO3S/c1-2-16(13,14)8-6-11(12)5-7-15-10(11)9-3-4-9/h9-10H,2-8,12H2,1H3. The predicted octanol–water partition coefficient (Wildman–Crippen LogP) is 0.708. The van der Waals surface area contributed by atoms with Gasteiger partial charge >= 0.3 is 0 Å². The van der Waals surface area contributed by atoms with Crippen LogP contribution in [-0.4, -0.2) is 38.2 Å². The molecule has 94 valence electrons. The molecular weight excluding hydrogens is 226 g/mol. The maximum absolute atomic E-state index is 11.5. The topological polar surface area (TPSA) is 69.4 Å². The molecule has 1 aliphatic heterocycles. The lowest BCUT2D eigenvalue weighted by atomic mass is 9.87. The molecule has 2 aliphatic rings. The summed E-state index contributed by atoms with van der Waals surface area (Å²) in [4.78, 5) is 0. The average molecular weight is 247 g/mol. The first-order valence-corrected chi connectivity index (χ1v) is 7.90. The Hall–Kier alpha value is -0.130. The molecule has 1 saturated heterocycles. The molecule has 0 bridgehead atoms. The molecule has 2 unspecified atom stereocenters. The Balaban J connectivity index is 1.96. The quantitative estimate of drug-likeness (QED) is 0.776. The van der Waals surface area contributed by atoms with E-state index < -0.39 is 15.4 Å². The van der Waals surface area contributed by atoms with Crippen LogP contribution in [0.4, 0.5) is 0 Å². The first-order chi connectivity index (χ1) is 7.47. The summed E-state index contributed by atoms with van der Waals surface area (Å²) >= 11 is 0. The minimum atomic E-state index is -2.91. The van der Waals surface area contributed by atoms with Gasteiger partial charge in [0.1, 0.15) is 9.84 Å². The lowest BCUT2D eigenvalue weighted by molar-refractivity contribution is 0.0618. The number of nitrogens with two attached hydrogens (primary N) is 1. The molecule has 1 heterocycles. The van der Waals surface area contributed by atoms with Crippen LogP contribution in [0, 0.1) is 5.92 Å². The van der Waals surface area contributed by atoms with E-state index in [1.54, 1.807) is 6.92 Å². The molecule has 2 N–H and O–H groups in total. The number of sulfone groups is 1. The second-order valence-corrected chi connectivity index (χ2v) is 7.57. The number of hydrogen-bond acceptors (Lipinski definition) is 4. The van der Waals surface area contributed by atoms with Gasteiger partial charge in [-0.05, 0) is 31.6 Å². The number of rotatable bonds is 5. The Bertz CT molecular complexity index is 350. The van der Waals surface area contributed by atoms with E-state index in [0.29, 0.717) is 18.9 Å². The zero-order valence-corrected chi connectivity index (χ0v) is 10.6. The lowest BCUT2D eigenvalue weighted by Crippen LogP contribution is -2.49. The van der Waals surface area contributed by atoms with E-state index in [1.807, 2.05) is 0 Å². The van der Waals surface area contributed by atoms with Crippen LogP contribution in [0.15, 0.2) is 0 Å². The van der Waals surface area contributed by atoms with Crippen molar-refractivity contribution in [1.82, 2.24) is 0 Å². The van der Waals surface area contributed by atoms with Crippen LogP contribution in [0.2, 0.25) is 0 Å². The van der Waals surface area contributed by atoms with Gasteiger partial charge < -0.3 is 10.5 Å². The van der Waals surface area contributed by atoms with Gasteiger partial charge in [0, 0.05) is 17.9 Å². The van der Waals surface area contributed by atoms with Crippen molar-refractivity contribution in [3.63, 3.8) is 0 Å². The molecule has 16 heavy (non-hydrogen) atoms. The van der Waals surface area contributed by atoms with Crippen LogP contribution >= 0.6 is 0 Å². The summed E-state index contributed by atoms with van der Waals surface area (Å²) in [5, 5.41) is 0. The first-order valence-electron chi connectivity index (χ1n) is 6.08. The minimum Gasteiger partial charge on any atom is -0.376 e. The van der Waals surface area contributed by atoms with Crippen molar-refractivity contribution in [2.24, 2.45) is 11.7 Å². The third kappa shape index (κ3) is 2.57. The zero-order valence-electron chi connectivity index (χ0n) is 9.81. The summed E-state index contributed by atoms with van der Waals surface area (Å²) in [5.41, 5.74) is 5.92. The SMILES string of the molecule is CCS(=O)(=O)CCC1(N)CCOC1C1CC1. The van der Waals surface area contributed by atoms with Gasteiger partial charge in [-0.1, -0.05) is 6.92 Å². The third-order valence-corrected chi connectivity index (χ3v) is 5.51. The molecular formula is C11H21NO3S. The molecule has 4 nitrogen and oxygen atoms in total. The van der Waals surface area contributed by atoms with Crippen LogP contribution < -0.4 is 5.73 Å². The van der Waals surface area contributed by atoms with Crippen LogP contribution in [0.5, 0.6) is 0 Å². The van der Waals surface area contributed by atoms with E-state index in [4.69, 9.17) is 10.5 Å². The van der Waals surface area contributed by atoms with Crippen LogP contribution in [-0.2, 0) is 14.6 Å². The fourth-order valence-electron chi connectivity index (χ4n) is 2.45. The van der Waals surface area contributed by atoms with Gasteiger partial charge in [0.25, 0.3) is 0 Å². The highest BCUT2D eigenvalue weighted by Gasteiger charge is 2.48. The molecule has 2 atom stereocenters. The van der Waals surface area contributed by atoms with Crippen LogP contribution in [0.25, 0.3) is 0 Å². The molecule has 2 rings (SSSR count). The van der Waals surface area contributed by atoms with Gasteiger partial charge in [-0.25, -0.2) is 8.42 Å². The van der Waals surface area contributed by atoms with E-state index in [1.165, 1.54) is 12.8 Å². The Kier molecular flexibility index (Phi) is 3.29. The molecule has 0 aromatic heterocycles. The average Bonchev–Trinajstić information content (AvgIpc) is 3.01. The maximum atomic E-state index is 11.5. The second-order valence-electron chi connectivity index (χ2n) is 5.10. The van der Waals surface area contributed by atoms with E-state index in [2.05, 4.69) is 0 Å². The van der Waals surface area contributed by atoms with Crippen molar-refractivity contribution in [3.8, 4) is 0 Å². The molecule has 0 radical (unpaired) electrons. The first kappa shape index (κ1) is 12.3. The molecule has 0 spiro atoms. The molecule has 0 aromatic carbocycles. The van der Waals surface area contributed by atoms with Gasteiger partial charge in [-0.3, -0.25) is 0 Å². The summed E-state index contributed by atoms with van der Waals surface area (Å²) in [7, 11) is -2.91. The summed E-state index contributed by atoms with van der Waals surface area (Å²) in [6, 6.07) is 0. The monoisotopic (exact) mass is 247 g/mol. The summed E-state index contributed by atoms with van der Waals surface area (Å²) in [5.74, 6) is 0.988. The van der Waals surface area contributed by atoms with Gasteiger partial charge in [0.2, 0.25) is 0 Å². The minimum absolute atomic E-state index is 0.0968. The maximum Gasteiger partial charge on any atom is 0.150 e. The van der Waals surface area contributed by atoms with Crippen molar-refractivity contribution in [3.05, 3.63) is 0 Å². The fourth-order valence-corrected chi connectivity index (χ4v) is 3.43. The van der Waals surface area contributed by atoms with Crippen molar-refractivity contribution in [2.75, 3.05) is 18.1 Å². The number of hydrogen-bond donors (Lipinski definition) is 1. The van der Waals surface area contributed by atoms with Crippen molar-refractivity contribution < 1.29 is 13.2 Å². The predicted molar refractivity (Wildman–Crippen MR) is 62.9 cm³/mol. The highest BCUT2D eigenvalue weighted by Crippen LogP contribution is 2.43. The largest absolute Gasteiger partial charge is 0.376 e. The van der Waals surface area contributed by atoms with E-state index >= 15 is 0 Å². The van der Waals surface area contributed by atoms with E-state index in [0.717, 1.165) is 6.42 Å². The van der Waals surface area contributed by atoms with Gasteiger partial charge in [-0.15, -0.1) is 0 Å². The van der Waals surface area contributed by atoms with Gasteiger partial charge in [0.05, 0.1) is 11.9 Å². The molecule has 5 heteroatoms. The van der Waals surface area contributed by atoms with Gasteiger partial charge in [0.15, 0.2) is 0 Å². The highest BCUT2D eigenvalue weighted by atomic mass is 32.2. The Morgan fingerprint density at radius 1 is 1.44 bits per heavy atom. The molecule has 1 saturated carbocycles. The summed E-state index contributed by atoms with van der Waals surface area (Å²) in [6.45, 7) is 2.37. The summed E-state index contributed by atoms with van der Waals surface area (Å²) < 4.78 is 28.7. The Morgan fingerprint density at radius 3 is 2.69 bits per heavy atom. The molecule has 2 fully saturated rings. The van der Waals surface area contributed by atoms with Gasteiger partial charge in [-0.2, -0.15) is 0 Å². The van der Waals surface area contributed by atoms with Crippen molar-refractivity contribution in [2.45, 2.75) is 44.2 Å². The van der Waals surface area contributed by atoms with Crippen molar-refractivity contribution >= 4 is 9.84 Å². The third-order valence-electron chi connectivity index (χ3n) is 3.80. The fraction of sp³-hybridized carbons (Fsp3) is 1.00. The van der Waals surface area contributed by atoms with Crippen LogP contribution in [0.1, 0.15) is 32.6 Å². The Labute approximate surface area is 97.5 Å². The van der Waals surface area contributed by atoms with Crippen LogP contribution in [0.3, 0.4) is 0 Å². The smallest absolute Gasteiger partial charge is 0.150 e. The van der Waals surface area contributed by atoms with E-state index in [9.17, 15) is 8.42 Å². The van der Waals surface area contributed by atoms with Crippen molar-refractivity contribution in [1.29, 1.82) is 0 Å². The summed E-state index contributed by atoms with van der Waals surface area (Å²) in [6.07, 6.45) is 3.81. The molecule has 1 aliphatic carbocycles. The Morgan fingerprint density at radius 2 is 2.12 bits per heavy atom. The second kappa shape index (κ2) is 4.27.